The molecule has 10 heteroatoms. The van der Waals surface area contributed by atoms with Gasteiger partial charge in [-0.3, -0.25) is 19.3 Å². The predicted octanol–water partition coefficient (Wildman–Crippen LogP) is 3.38. The summed E-state index contributed by atoms with van der Waals surface area (Å²) < 4.78 is 7.59. The third kappa shape index (κ3) is 4.88. The van der Waals surface area contributed by atoms with Crippen LogP contribution in [0.3, 0.4) is 0 Å². The van der Waals surface area contributed by atoms with Crippen LogP contribution in [0.5, 0.6) is 0 Å². The van der Waals surface area contributed by atoms with Gasteiger partial charge in [0.2, 0.25) is 5.91 Å². The molecule has 2 aromatic rings. The smallest absolute Gasteiger partial charge is 0.325 e. The maximum atomic E-state index is 13.1. The van der Waals surface area contributed by atoms with Gasteiger partial charge in [-0.25, -0.2) is 0 Å². The van der Waals surface area contributed by atoms with Crippen LogP contribution in [-0.4, -0.2) is 76.0 Å². The van der Waals surface area contributed by atoms with Crippen LogP contribution in [-0.2, 0) is 25.7 Å². The normalized spacial score (nSPS) is 18.2. The Morgan fingerprint density at radius 1 is 1.15 bits per heavy atom. The van der Waals surface area contributed by atoms with E-state index in [1.165, 1.54) is 16.9 Å². The van der Waals surface area contributed by atoms with Crippen molar-refractivity contribution in [1.29, 1.82) is 0 Å². The van der Waals surface area contributed by atoms with E-state index in [9.17, 15) is 14.4 Å². The summed E-state index contributed by atoms with van der Waals surface area (Å²) in [6.45, 7) is 1.65. The van der Waals surface area contributed by atoms with Gasteiger partial charge in [0.1, 0.15) is 18.8 Å². The molecule has 4 rings (SSSR count). The van der Waals surface area contributed by atoms with Crippen molar-refractivity contribution in [2.45, 2.75) is 32.2 Å². The van der Waals surface area contributed by atoms with Crippen molar-refractivity contribution >= 4 is 68.0 Å². The minimum Gasteiger partial charge on any atom is -0.468 e. The first kappa shape index (κ1) is 24.4. The van der Waals surface area contributed by atoms with Crippen LogP contribution in [0.4, 0.5) is 0 Å². The lowest BCUT2D eigenvalue weighted by Gasteiger charge is -2.20. The highest BCUT2D eigenvalue weighted by atomic mass is 79.9. The molecule has 2 saturated heterocycles. The van der Waals surface area contributed by atoms with Crippen molar-refractivity contribution in [2.75, 3.05) is 33.8 Å². The molecule has 34 heavy (non-hydrogen) atoms. The number of carbonyl (C=O) groups is 3. The van der Waals surface area contributed by atoms with Crippen molar-refractivity contribution in [3.8, 4) is 0 Å². The molecule has 0 saturated carbocycles. The molecule has 2 amide bonds. The standard InChI is InChI=1S/C24H27BrN4O4S/c1-26-23(32)20(29(24(26)34)15-22(31)33-2)11-16-13-28(19-8-7-17(25)12-18(16)19)14-21(30)27-9-5-3-4-6-10-27/h7-8,11-13H,3-6,9-10,14-15H2,1-2H3/b20-11-. The van der Waals surface area contributed by atoms with E-state index in [4.69, 9.17) is 17.0 Å². The molecule has 0 spiro atoms. The summed E-state index contributed by atoms with van der Waals surface area (Å²) in [4.78, 5) is 42.7. The van der Waals surface area contributed by atoms with Crippen LogP contribution in [0, 0.1) is 0 Å². The maximum Gasteiger partial charge on any atom is 0.325 e. The van der Waals surface area contributed by atoms with Crippen LogP contribution in [0.2, 0.25) is 0 Å². The van der Waals surface area contributed by atoms with Gasteiger partial charge in [0, 0.05) is 47.3 Å². The number of amides is 2. The van der Waals surface area contributed by atoms with Crippen molar-refractivity contribution in [3.05, 3.63) is 40.1 Å². The second-order valence-electron chi connectivity index (χ2n) is 8.51. The van der Waals surface area contributed by atoms with Gasteiger partial charge >= 0.3 is 5.97 Å². The Kier molecular flexibility index (Phi) is 7.37. The monoisotopic (exact) mass is 546 g/mol. The van der Waals surface area contributed by atoms with Gasteiger partial charge in [-0.2, -0.15) is 0 Å². The summed E-state index contributed by atoms with van der Waals surface area (Å²) in [5.74, 6) is -0.707. The number of rotatable bonds is 5. The van der Waals surface area contributed by atoms with Gasteiger partial charge < -0.3 is 19.1 Å². The quantitative estimate of drug-likeness (QED) is 0.325. The Bertz CT molecular complexity index is 1180. The Hall–Kier alpha value is -2.72. The van der Waals surface area contributed by atoms with Crippen molar-refractivity contribution in [1.82, 2.24) is 19.3 Å². The van der Waals surface area contributed by atoms with Crippen molar-refractivity contribution in [3.63, 3.8) is 0 Å². The molecule has 1 aromatic carbocycles. The number of likely N-dealkylation sites (tertiary alicyclic amines) is 1. The lowest BCUT2D eigenvalue weighted by atomic mass is 10.1. The Morgan fingerprint density at radius 2 is 1.85 bits per heavy atom. The number of thiocarbonyl (C=S) groups is 1. The topological polar surface area (TPSA) is 75.1 Å². The fourth-order valence-electron chi connectivity index (χ4n) is 4.40. The van der Waals surface area contributed by atoms with Crippen LogP contribution < -0.4 is 0 Å². The number of benzene rings is 1. The number of halogens is 1. The SMILES string of the molecule is COC(=O)CN1C(=S)N(C)C(=O)/C1=C/c1cn(CC(=O)N2CCCCCC2)c2ccc(Br)cc12. The Labute approximate surface area is 212 Å². The molecule has 2 aliphatic rings. The summed E-state index contributed by atoms with van der Waals surface area (Å²) in [5.41, 5.74) is 1.94. The molecule has 0 atom stereocenters. The van der Waals surface area contributed by atoms with Gasteiger partial charge in [-0.1, -0.05) is 28.8 Å². The molecule has 0 aliphatic carbocycles. The fourth-order valence-corrected chi connectivity index (χ4v) is 5.01. The molecule has 0 bridgehead atoms. The van der Waals surface area contributed by atoms with E-state index < -0.39 is 5.97 Å². The summed E-state index contributed by atoms with van der Waals surface area (Å²) in [5, 5.41) is 1.12. The van der Waals surface area contributed by atoms with E-state index in [0.717, 1.165) is 59.7 Å². The lowest BCUT2D eigenvalue weighted by molar-refractivity contribution is -0.140. The first-order chi connectivity index (χ1) is 16.3. The molecule has 2 fully saturated rings. The maximum absolute atomic E-state index is 13.1. The number of fused-ring (bicyclic) bond motifs is 1. The lowest BCUT2D eigenvalue weighted by Crippen LogP contribution is -2.34. The third-order valence-corrected chi connectivity index (χ3v) is 7.27. The minimum absolute atomic E-state index is 0.0890. The third-order valence-electron chi connectivity index (χ3n) is 6.28. The fraction of sp³-hybridized carbons (Fsp3) is 0.417. The van der Waals surface area contributed by atoms with Gasteiger partial charge in [-0.05, 0) is 49.3 Å². The van der Waals surface area contributed by atoms with Gasteiger partial charge in [0.25, 0.3) is 5.91 Å². The number of likely N-dealkylation sites (N-methyl/N-ethyl adjacent to an activating group) is 1. The van der Waals surface area contributed by atoms with E-state index in [1.54, 1.807) is 13.1 Å². The van der Waals surface area contributed by atoms with Crippen molar-refractivity contribution < 1.29 is 19.1 Å². The number of carbonyl (C=O) groups excluding carboxylic acids is 3. The highest BCUT2D eigenvalue weighted by Crippen LogP contribution is 2.30. The van der Waals surface area contributed by atoms with Gasteiger partial charge in [0.05, 0.1) is 7.11 Å². The zero-order valence-electron chi connectivity index (χ0n) is 19.3. The molecular weight excluding hydrogens is 520 g/mol. The molecule has 8 nitrogen and oxygen atoms in total. The van der Waals surface area contributed by atoms with E-state index in [-0.39, 0.29) is 35.7 Å². The summed E-state index contributed by atoms with van der Waals surface area (Å²) >= 11 is 8.90. The van der Waals surface area contributed by atoms with Crippen LogP contribution in [0.25, 0.3) is 17.0 Å². The van der Waals surface area contributed by atoms with E-state index in [1.807, 2.05) is 33.9 Å². The van der Waals surface area contributed by atoms with E-state index in [2.05, 4.69) is 15.9 Å². The molecule has 0 radical (unpaired) electrons. The molecule has 2 aliphatic heterocycles. The predicted molar refractivity (Wildman–Crippen MR) is 137 cm³/mol. The summed E-state index contributed by atoms with van der Waals surface area (Å²) in [6, 6.07) is 5.84. The first-order valence-electron chi connectivity index (χ1n) is 11.2. The molecule has 0 N–H and O–H groups in total. The van der Waals surface area contributed by atoms with E-state index in [0.29, 0.717) is 0 Å². The number of methoxy groups -OCH3 is 1. The molecule has 1 aromatic heterocycles. The summed E-state index contributed by atoms with van der Waals surface area (Å²) in [7, 11) is 2.87. The average molecular weight is 547 g/mol. The van der Waals surface area contributed by atoms with Gasteiger partial charge in [0.15, 0.2) is 5.11 Å². The Balaban J connectivity index is 1.72. The Morgan fingerprint density at radius 3 is 2.53 bits per heavy atom. The first-order valence-corrected chi connectivity index (χ1v) is 12.4. The molecule has 0 unspecified atom stereocenters. The van der Waals surface area contributed by atoms with Crippen LogP contribution >= 0.6 is 28.1 Å². The molecule has 180 valence electrons. The minimum atomic E-state index is -0.496. The molecular formula is C24H27BrN4O4S. The number of ether oxygens (including phenoxy) is 1. The number of hydrogen-bond acceptors (Lipinski definition) is 5. The number of esters is 1. The largest absolute Gasteiger partial charge is 0.468 e. The van der Waals surface area contributed by atoms with Crippen molar-refractivity contribution in [2.24, 2.45) is 0 Å². The van der Waals surface area contributed by atoms with E-state index >= 15 is 0 Å². The molecule has 3 heterocycles. The zero-order chi connectivity index (χ0) is 24.4. The van der Waals surface area contributed by atoms with Crippen LogP contribution in [0.15, 0.2) is 34.6 Å². The number of aromatic nitrogens is 1. The zero-order valence-corrected chi connectivity index (χ0v) is 21.7. The van der Waals surface area contributed by atoms with Crippen LogP contribution in [0.1, 0.15) is 31.2 Å². The summed E-state index contributed by atoms with van der Waals surface area (Å²) in [6.07, 6.45) is 8.00. The average Bonchev–Trinajstić information content (AvgIpc) is 3.08. The van der Waals surface area contributed by atoms with Gasteiger partial charge in [-0.15, -0.1) is 0 Å². The number of nitrogens with zero attached hydrogens (tertiary/aromatic N) is 4. The second kappa shape index (κ2) is 10.3. The highest BCUT2D eigenvalue weighted by Gasteiger charge is 2.37. The number of hydrogen-bond donors (Lipinski definition) is 0. The second-order valence-corrected chi connectivity index (χ2v) is 9.79. The highest BCUT2D eigenvalue weighted by molar-refractivity contribution is 9.10.